The molecule has 0 aromatic heterocycles. The predicted octanol–water partition coefficient (Wildman–Crippen LogP) is 4.67. The van der Waals surface area contributed by atoms with Gasteiger partial charge in [0.15, 0.2) is 0 Å². The quantitative estimate of drug-likeness (QED) is 0.470. The maximum Gasteiger partial charge on any atom is 0.336 e. The zero-order valence-electron chi connectivity index (χ0n) is 14.6. The topological polar surface area (TPSA) is 32.8 Å². The molecule has 7 heteroatoms. The van der Waals surface area contributed by atoms with Crippen molar-refractivity contribution in [3.8, 4) is 0 Å². The normalized spacial score (nSPS) is 19.0. The minimum atomic E-state index is -0.229. The van der Waals surface area contributed by atoms with Gasteiger partial charge in [0, 0.05) is 26.4 Å². The smallest absolute Gasteiger partial charge is 0.336 e. The highest BCUT2D eigenvalue weighted by molar-refractivity contribution is 8.23. The van der Waals surface area contributed by atoms with Crippen LogP contribution in [0.4, 0.5) is 0 Å². The molecule has 2 aliphatic heterocycles. The summed E-state index contributed by atoms with van der Waals surface area (Å²) in [6.45, 7) is 11.6. The van der Waals surface area contributed by atoms with Crippen molar-refractivity contribution in [2.75, 3.05) is 26.4 Å². The van der Waals surface area contributed by atoms with E-state index in [2.05, 4.69) is 25.7 Å². The van der Waals surface area contributed by atoms with Crippen molar-refractivity contribution in [1.29, 1.82) is 0 Å². The van der Waals surface area contributed by atoms with Crippen LogP contribution in [0.2, 0.25) is 0 Å². The zero-order valence-corrected chi connectivity index (χ0v) is 17.0. The third-order valence-electron chi connectivity index (χ3n) is 2.73. The molecule has 1 atom stereocenters. The first-order valence-electron chi connectivity index (χ1n) is 7.44. The summed E-state index contributed by atoms with van der Waals surface area (Å²) in [4.78, 5) is 14.9. The van der Waals surface area contributed by atoms with Crippen LogP contribution in [-0.2, 0) is 9.53 Å². The Kier molecular flexibility index (Phi) is 16.4. The van der Waals surface area contributed by atoms with Gasteiger partial charge in [-0.1, -0.05) is 73.5 Å². The summed E-state index contributed by atoms with van der Waals surface area (Å²) >= 11 is 11.5. The first kappa shape index (κ1) is 28.4. The van der Waals surface area contributed by atoms with E-state index in [0.717, 1.165) is 16.8 Å². The lowest BCUT2D eigenvalue weighted by atomic mass is 10.1. The number of carbonyl (C=O) groups is 1. The van der Waals surface area contributed by atoms with Crippen LogP contribution in [0.1, 0.15) is 49.5 Å². The number of hydrogen-bond acceptors (Lipinski definition) is 5. The summed E-state index contributed by atoms with van der Waals surface area (Å²) in [5.74, 6) is 2.02. The van der Waals surface area contributed by atoms with E-state index < -0.39 is 0 Å². The molecule has 2 aliphatic rings. The summed E-state index contributed by atoms with van der Waals surface area (Å²) in [6, 6.07) is -0.192. The van der Waals surface area contributed by atoms with Crippen molar-refractivity contribution in [2.45, 2.75) is 55.5 Å². The number of likely N-dealkylation sites (N-methyl/N-ethyl adjacent to an activating group) is 1. The number of thiocarbonyl (C=S) groups is 2. The van der Waals surface area contributed by atoms with Crippen molar-refractivity contribution in [1.82, 2.24) is 9.80 Å². The number of carbonyl (C=O) groups excluding carboxylic acids is 1. The molecule has 24 heavy (non-hydrogen) atoms. The van der Waals surface area contributed by atoms with Crippen LogP contribution in [-0.4, -0.2) is 57.7 Å². The minimum Gasteiger partial charge on any atom is -0.397 e. The molecule has 0 aliphatic carbocycles. The largest absolute Gasteiger partial charge is 0.397 e. The second kappa shape index (κ2) is 13.8. The van der Waals surface area contributed by atoms with Gasteiger partial charge in [-0.2, -0.15) is 0 Å². The monoisotopic (exact) mass is 396 g/mol. The Balaban J connectivity index is -0.000000296. The standard InChI is InChI=1S/C7H11NO2S.C4H7NS2.C4H10.2CH4/c1-4(2)5-6(9)10-7(11)8(5)3;1-5-2-3-7-4(5)6;1-4(2)3;;/h4-5H,1-3H3;2-3H2,1H3;4H,1-3H3;2*1H4. The number of esters is 1. The minimum absolute atomic E-state index is 0. The molecule has 0 N–H and O–H groups in total. The fourth-order valence-electron chi connectivity index (χ4n) is 1.68. The van der Waals surface area contributed by atoms with Crippen molar-refractivity contribution >= 4 is 51.7 Å². The molecule has 0 saturated carbocycles. The zero-order chi connectivity index (χ0) is 17.4. The van der Waals surface area contributed by atoms with Gasteiger partial charge in [-0.15, -0.1) is 0 Å². The Labute approximate surface area is 164 Å². The molecule has 2 saturated heterocycles. The Morgan fingerprint density at radius 1 is 1.12 bits per heavy atom. The maximum atomic E-state index is 11.1. The van der Waals surface area contributed by atoms with Gasteiger partial charge in [-0.05, 0) is 24.1 Å². The Hall–Kier alpha value is -0.400. The van der Waals surface area contributed by atoms with Crippen LogP contribution in [0.3, 0.4) is 0 Å². The number of hydrogen-bond donors (Lipinski definition) is 0. The number of ether oxygens (including phenoxy) is 1. The van der Waals surface area contributed by atoms with Crippen LogP contribution >= 0.6 is 36.2 Å². The van der Waals surface area contributed by atoms with Crippen molar-refractivity contribution in [3.63, 3.8) is 0 Å². The van der Waals surface area contributed by atoms with E-state index in [0.29, 0.717) is 0 Å². The Bertz CT molecular complexity index is 399. The third kappa shape index (κ3) is 10.5. The van der Waals surface area contributed by atoms with Crippen molar-refractivity contribution < 1.29 is 9.53 Å². The molecule has 2 fully saturated rings. The van der Waals surface area contributed by atoms with Gasteiger partial charge in [-0.25, -0.2) is 4.79 Å². The molecule has 0 amide bonds. The number of cyclic esters (lactones) is 1. The lowest BCUT2D eigenvalue weighted by Gasteiger charge is -2.18. The van der Waals surface area contributed by atoms with E-state index in [1.165, 1.54) is 5.75 Å². The Morgan fingerprint density at radius 3 is 1.71 bits per heavy atom. The highest BCUT2D eigenvalue weighted by atomic mass is 32.2. The van der Waals surface area contributed by atoms with E-state index in [4.69, 9.17) is 29.2 Å². The van der Waals surface area contributed by atoms with E-state index in [1.807, 2.05) is 20.9 Å². The van der Waals surface area contributed by atoms with Crippen LogP contribution in [0.5, 0.6) is 0 Å². The van der Waals surface area contributed by atoms with Gasteiger partial charge in [-0.3, -0.25) is 0 Å². The van der Waals surface area contributed by atoms with E-state index in [1.54, 1.807) is 23.7 Å². The molecule has 2 heterocycles. The molecule has 4 nitrogen and oxygen atoms in total. The van der Waals surface area contributed by atoms with Crippen LogP contribution in [0.15, 0.2) is 0 Å². The van der Waals surface area contributed by atoms with E-state index in [9.17, 15) is 4.79 Å². The van der Waals surface area contributed by atoms with Gasteiger partial charge in [0.05, 0.1) is 0 Å². The third-order valence-corrected chi connectivity index (χ3v) is 4.71. The number of thioether (sulfide) groups is 1. The number of rotatable bonds is 1. The molecule has 1 unspecified atom stereocenters. The fraction of sp³-hybridized carbons (Fsp3) is 0.824. The van der Waals surface area contributed by atoms with Crippen molar-refractivity contribution in [3.05, 3.63) is 0 Å². The molecule has 0 spiro atoms. The summed E-state index contributed by atoms with van der Waals surface area (Å²) in [7, 11) is 3.81. The van der Waals surface area contributed by atoms with Gasteiger partial charge >= 0.3 is 5.97 Å². The lowest BCUT2D eigenvalue weighted by Crippen LogP contribution is -2.35. The first-order valence-corrected chi connectivity index (χ1v) is 9.24. The lowest BCUT2D eigenvalue weighted by molar-refractivity contribution is -0.136. The van der Waals surface area contributed by atoms with Crippen molar-refractivity contribution in [2.24, 2.45) is 11.8 Å². The second-order valence-corrected chi connectivity index (χ2v) is 8.33. The van der Waals surface area contributed by atoms with Crippen LogP contribution in [0, 0.1) is 11.8 Å². The predicted molar refractivity (Wildman–Crippen MR) is 117 cm³/mol. The van der Waals surface area contributed by atoms with Gasteiger partial charge in [0.2, 0.25) is 0 Å². The second-order valence-electron chi connectivity index (χ2n) is 6.25. The molecule has 0 radical (unpaired) electrons. The highest BCUT2D eigenvalue weighted by Crippen LogP contribution is 2.18. The summed E-state index contributed by atoms with van der Waals surface area (Å²) in [5.41, 5.74) is 0. The molecule has 0 aromatic carbocycles. The summed E-state index contributed by atoms with van der Waals surface area (Å²) < 4.78 is 5.81. The summed E-state index contributed by atoms with van der Waals surface area (Å²) in [6.07, 6.45) is 0. The first-order chi connectivity index (χ1) is 10.1. The highest BCUT2D eigenvalue weighted by Gasteiger charge is 2.37. The molecular formula is C17H36N2O2S3. The molecule has 144 valence electrons. The maximum absolute atomic E-state index is 11.1. The van der Waals surface area contributed by atoms with Crippen LogP contribution in [0.25, 0.3) is 0 Å². The SMILES string of the molecule is C.C.CC(C)C.CC(C)C1C(=O)OC(=S)N1C.CN1CCSC1=S. The van der Waals surface area contributed by atoms with E-state index in [-0.39, 0.29) is 38.0 Å². The molecular weight excluding hydrogens is 360 g/mol. The molecule has 0 aromatic rings. The van der Waals surface area contributed by atoms with Crippen LogP contribution < -0.4 is 0 Å². The van der Waals surface area contributed by atoms with Gasteiger partial charge in [0.1, 0.15) is 10.4 Å². The molecule has 2 rings (SSSR count). The fourth-order valence-corrected chi connectivity index (χ4v) is 3.07. The average molecular weight is 397 g/mol. The molecule has 0 bridgehead atoms. The Morgan fingerprint density at radius 2 is 1.58 bits per heavy atom. The average Bonchev–Trinajstić information content (AvgIpc) is 2.84. The summed E-state index contributed by atoms with van der Waals surface area (Å²) in [5, 5.41) is 0.286. The van der Waals surface area contributed by atoms with E-state index >= 15 is 0 Å². The van der Waals surface area contributed by atoms with Gasteiger partial charge < -0.3 is 14.5 Å². The number of nitrogens with zero attached hydrogens (tertiary/aromatic N) is 2. The van der Waals surface area contributed by atoms with Gasteiger partial charge in [0.25, 0.3) is 5.17 Å².